The summed E-state index contributed by atoms with van der Waals surface area (Å²) in [6.07, 6.45) is 3.47. The minimum absolute atomic E-state index is 0.146. The highest BCUT2D eigenvalue weighted by molar-refractivity contribution is 7.98. The van der Waals surface area contributed by atoms with Crippen molar-refractivity contribution in [2.45, 2.75) is 37.4 Å². The lowest BCUT2D eigenvalue weighted by molar-refractivity contribution is 0.251. The molecule has 1 aromatic rings. The minimum atomic E-state index is -0.175. The van der Waals surface area contributed by atoms with Gasteiger partial charge < -0.3 is 16.2 Å². The van der Waals surface area contributed by atoms with Crippen molar-refractivity contribution in [1.29, 1.82) is 0 Å². The van der Waals surface area contributed by atoms with E-state index < -0.39 is 0 Å². The Hall–Kier alpha value is -1.01. The van der Waals surface area contributed by atoms with E-state index in [-0.39, 0.29) is 12.1 Å². The highest BCUT2D eigenvalue weighted by Gasteiger charge is 2.21. The molecule has 0 saturated carbocycles. The van der Waals surface area contributed by atoms with Gasteiger partial charge in [0.1, 0.15) is 11.6 Å². The van der Waals surface area contributed by atoms with Gasteiger partial charge in [0.2, 0.25) is 0 Å². The average Bonchev–Trinajstić information content (AvgIpc) is 2.28. The molecule has 0 amide bonds. The fourth-order valence-corrected chi connectivity index (χ4v) is 1.87. The smallest absolute Gasteiger partial charge is 0.191 e. The molecule has 0 aliphatic rings. The topological polar surface area (TPSA) is 84.1 Å². The predicted molar refractivity (Wildman–Crippen MR) is 72.2 cm³/mol. The van der Waals surface area contributed by atoms with E-state index >= 15 is 0 Å². The van der Waals surface area contributed by atoms with Crippen molar-refractivity contribution in [3.63, 3.8) is 0 Å². The first-order valence-corrected chi connectivity index (χ1v) is 6.83. The zero-order valence-electron chi connectivity index (χ0n) is 10.5. The molecule has 17 heavy (non-hydrogen) atoms. The third-order valence-electron chi connectivity index (χ3n) is 2.78. The maximum atomic E-state index is 9.06. The monoisotopic (exact) mass is 256 g/mol. The largest absolute Gasteiger partial charge is 0.396 e. The highest BCUT2D eigenvalue weighted by Crippen LogP contribution is 2.22. The molecule has 5 nitrogen and oxygen atoms in total. The molecule has 0 aliphatic carbocycles. The summed E-state index contributed by atoms with van der Waals surface area (Å²) in [5.41, 5.74) is 5.54. The number of rotatable bonds is 6. The molecular formula is C11H20N4OS. The van der Waals surface area contributed by atoms with Crippen molar-refractivity contribution in [2.75, 3.05) is 23.9 Å². The van der Waals surface area contributed by atoms with Crippen LogP contribution in [0.5, 0.6) is 0 Å². The number of nitrogens with one attached hydrogen (secondary N) is 1. The molecule has 0 bridgehead atoms. The summed E-state index contributed by atoms with van der Waals surface area (Å²) in [7, 11) is 0. The van der Waals surface area contributed by atoms with Gasteiger partial charge in [-0.1, -0.05) is 18.7 Å². The summed E-state index contributed by atoms with van der Waals surface area (Å²) in [4.78, 5) is 8.44. The summed E-state index contributed by atoms with van der Waals surface area (Å²) < 4.78 is 0. The summed E-state index contributed by atoms with van der Waals surface area (Å²) >= 11 is 1.45. The van der Waals surface area contributed by atoms with E-state index in [1.54, 1.807) is 6.07 Å². The van der Waals surface area contributed by atoms with Crippen LogP contribution in [-0.2, 0) is 0 Å². The molecule has 1 aromatic heterocycles. The molecule has 0 fully saturated rings. The first-order chi connectivity index (χ1) is 8.03. The quantitative estimate of drug-likeness (QED) is 0.531. The van der Waals surface area contributed by atoms with Gasteiger partial charge in [0.05, 0.1) is 0 Å². The Labute approximate surface area is 106 Å². The Balaban J connectivity index is 2.89. The molecule has 0 aliphatic heterocycles. The molecular weight excluding hydrogens is 236 g/mol. The predicted octanol–water partition coefficient (Wildman–Crippen LogP) is 1.74. The fourth-order valence-electron chi connectivity index (χ4n) is 1.48. The number of nitrogen functional groups attached to an aromatic ring is 1. The molecule has 6 heteroatoms. The first-order valence-electron chi connectivity index (χ1n) is 5.60. The number of anilines is 2. The first kappa shape index (κ1) is 14.1. The molecule has 1 rings (SSSR count). The molecule has 0 aromatic carbocycles. The molecule has 96 valence electrons. The number of aliphatic hydroxyl groups is 1. The second-order valence-corrected chi connectivity index (χ2v) is 4.95. The second-order valence-electron chi connectivity index (χ2n) is 4.18. The minimum Gasteiger partial charge on any atom is -0.396 e. The van der Waals surface area contributed by atoms with Gasteiger partial charge in [-0.2, -0.15) is 0 Å². The maximum absolute atomic E-state index is 9.06. The standard InChI is InChI=1S/C11H20N4OS/c1-4-11(2,5-6-16)15-9-7-8(12)13-10(14-9)17-3/h7,16H,4-6H2,1-3H3,(H3,12,13,14,15). The van der Waals surface area contributed by atoms with Crippen molar-refractivity contribution in [2.24, 2.45) is 0 Å². The van der Waals surface area contributed by atoms with E-state index in [9.17, 15) is 0 Å². The number of nitrogens with two attached hydrogens (primary N) is 1. The zero-order chi connectivity index (χ0) is 12.9. The van der Waals surface area contributed by atoms with Crippen molar-refractivity contribution in [3.05, 3.63) is 6.07 Å². The number of aromatic nitrogens is 2. The van der Waals surface area contributed by atoms with Crippen LogP contribution in [0.4, 0.5) is 11.6 Å². The van der Waals surface area contributed by atoms with Crippen LogP contribution in [0.25, 0.3) is 0 Å². The third kappa shape index (κ3) is 4.05. The summed E-state index contributed by atoms with van der Waals surface area (Å²) in [6, 6.07) is 1.71. The van der Waals surface area contributed by atoms with Gasteiger partial charge in [-0.05, 0) is 26.0 Å². The molecule has 1 heterocycles. The number of aliphatic hydroxyl groups excluding tert-OH is 1. The Morgan fingerprint density at radius 2 is 2.24 bits per heavy atom. The molecule has 0 spiro atoms. The van der Waals surface area contributed by atoms with Gasteiger partial charge in [0.15, 0.2) is 5.16 Å². The van der Waals surface area contributed by atoms with Crippen LogP contribution in [0.1, 0.15) is 26.7 Å². The third-order valence-corrected chi connectivity index (χ3v) is 3.33. The molecule has 4 N–H and O–H groups in total. The number of thioether (sulfide) groups is 1. The van der Waals surface area contributed by atoms with Gasteiger partial charge >= 0.3 is 0 Å². The zero-order valence-corrected chi connectivity index (χ0v) is 11.3. The lowest BCUT2D eigenvalue weighted by atomic mass is 9.95. The molecule has 0 radical (unpaired) electrons. The number of hydrogen-bond donors (Lipinski definition) is 3. The molecule has 0 saturated heterocycles. The maximum Gasteiger partial charge on any atom is 0.191 e. The Bertz CT molecular complexity index is 374. The highest BCUT2D eigenvalue weighted by atomic mass is 32.2. The van der Waals surface area contributed by atoms with E-state index in [4.69, 9.17) is 10.8 Å². The molecule has 1 atom stereocenters. The number of nitrogens with zero attached hydrogens (tertiary/aromatic N) is 2. The van der Waals surface area contributed by atoms with Crippen LogP contribution in [0.15, 0.2) is 11.2 Å². The normalized spacial score (nSPS) is 14.4. The van der Waals surface area contributed by atoms with E-state index in [0.717, 1.165) is 6.42 Å². The lowest BCUT2D eigenvalue weighted by Gasteiger charge is -2.29. The Kier molecular flexibility index (Phi) is 5.02. The Morgan fingerprint density at radius 1 is 1.53 bits per heavy atom. The van der Waals surface area contributed by atoms with Crippen molar-refractivity contribution in [3.8, 4) is 0 Å². The number of hydrogen-bond acceptors (Lipinski definition) is 6. The summed E-state index contributed by atoms with van der Waals surface area (Å²) in [5.74, 6) is 1.16. The van der Waals surface area contributed by atoms with Crippen molar-refractivity contribution in [1.82, 2.24) is 9.97 Å². The van der Waals surface area contributed by atoms with Crippen LogP contribution < -0.4 is 11.1 Å². The van der Waals surface area contributed by atoms with Crippen LogP contribution in [-0.4, -0.2) is 33.5 Å². The van der Waals surface area contributed by atoms with Crippen LogP contribution in [0.2, 0.25) is 0 Å². The summed E-state index contributed by atoms with van der Waals surface area (Å²) in [5, 5.41) is 13.0. The van der Waals surface area contributed by atoms with Crippen molar-refractivity contribution >= 4 is 23.4 Å². The van der Waals surface area contributed by atoms with Crippen LogP contribution in [0.3, 0.4) is 0 Å². The lowest BCUT2D eigenvalue weighted by Crippen LogP contribution is -2.35. The van der Waals surface area contributed by atoms with Gasteiger partial charge in [-0.25, -0.2) is 9.97 Å². The van der Waals surface area contributed by atoms with Crippen LogP contribution >= 0.6 is 11.8 Å². The van der Waals surface area contributed by atoms with Crippen molar-refractivity contribution < 1.29 is 5.11 Å². The van der Waals surface area contributed by atoms with Gasteiger partial charge in [-0.3, -0.25) is 0 Å². The van der Waals surface area contributed by atoms with Gasteiger partial charge in [0.25, 0.3) is 0 Å². The van der Waals surface area contributed by atoms with Gasteiger partial charge in [-0.15, -0.1) is 0 Å². The summed E-state index contributed by atoms with van der Waals surface area (Å²) in [6.45, 7) is 4.27. The fraction of sp³-hybridized carbons (Fsp3) is 0.636. The van der Waals surface area contributed by atoms with E-state index in [2.05, 4.69) is 29.1 Å². The van der Waals surface area contributed by atoms with Gasteiger partial charge in [0, 0.05) is 18.2 Å². The van der Waals surface area contributed by atoms with Crippen LogP contribution in [0, 0.1) is 0 Å². The van der Waals surface area contributed by atoms with E-state index in [0.29, 0.717) is 23.2 Å². The molecule has 1 unspecified atom stereocenters. The van der Waals surface area contributed by atoms with E-state index in [1.165, 1.54) is 11.8 Å². The second kappa shape index (κ2) is 6.07. The average molecular weight is 256 g/mol. The van der Waals surface area contributed by atoms with E-state index in [1.807, 2.05) is 6.26 Å². The SMILES string of the molecule is CCC(C)(CCO)Nc1cc(N)nc(SC)n1. The Morgan fingerprint density at radius 3 is 2.76 bits per heavy atom.